The molecule has 30 heavy (non-hydrogen) atoms. The van der Waals surface area contributed by atoms with Crippen LogP contribution in [-0.2, 0) is 0 Å². The van der Waals surface area contributed by atoms with Crippen LogP contribution in [0.1, 0.15) is 57.3 Å². The number of amides is 2. The van der Waals surface area contributed by atoms with E-state index >= 15 is 0 Å². The lowest BCUT2D eigenvalue weighted by molar-refractivity contribution is 0.0657. The summed E-state index contributed by atoms with van der Waals surface area (Å²) in [6.45, 7) is 8.89. The first-order valence-electron chi connectivity index (χ1n) is 10.0. The number of aromatic nitrogens is 2. The van der Waals surface area contributed by atoms with Gasteiger partial charge in [-0.1, -0.05) is 5.16 Å². The normalized spacial score (nSPS) is 19.9. The average molecular weight is 411 g/mol. The molecule has 2 fully saturated rings. The van der Waals surface area contributed by atoms with E-state index in [4.69, 9.17) is 4.42 Å². The molecular weight excluding hydrogens is 386 g/mol. The first kappa shape index (κ1) is 20.1. The Labute approximate surface area is 174 Å². The van der Waals surface area contributed by atoms with Gasteiger partial charge in [0.15, 0.2) is 11.5 Å². The zero-order chi connectivity index (χ0) is 21.3. The van der Waals surface area contributed by atoms with Crippen molar-refractivity contribution < 1.29 is 18.6 Å². The number of piperidine rings is 1. The fraction of sp³-hybridized carbons (Fsp3) is 0.476. The van der Waals surface area contributed by atoms with Crippen molar-refractivity contribution in [3.63, 3.8) is 0 Å². The van der Waals surface area contributed by atoms with Gasteiger partial charge in [0.1, 0.15) is 11.5 Å². The van der Waals surface area contributed by atoms with Crippen LogP contribution < -0.4 is 5.32 Å². The molecule has 2 aromatic rings. The molecule has 3 heterocycles. The van der Waals surface area contributed by atoms with E-state index in [-0.39, 0.29) is 22.9 Å². The molecule has 158 valence electrons. The predicted molar refractivity (Wildman–Crippen MR) is 109 cm³/mol. The number of nitrogens with one attached hydrogen (secondary N) is 1. The van der Waals surface area contributed by atoms with Gasteiger partial charge in [-0.05, 0) is 68.5 Å². The molecule has 0 bridgehead atoms. The highest BCUT2D eigenvalue weighted by molar-refractivity contribution is 5.93. The van der Waals surface area contributed by atoms with Gasteiger partial charge in [-0.3, -0.25) is 14.6 Å². The van der Waals surface area contributed by atoms with Gasteiger partial charge in [-0.2, -0.15) is 0 Å². The molecule has 1 aliphatic carbocycles. The van der Waals surface area contributed by atoms with Crippen LogP contribution in [0, 0.1) is 25.2 Å². The minimum absolute atomic E-state index is 0.126. The third kappa shape index (κ3) is 3.79. The minimum Gasteiger partial charge on any atom is -0.456 e. The van der Waals surface area contributed by atoms with E-state index in [0.29, 0.717) is 42.8 Å². The summed E-state index contributed by atoms with van der Waals surface area (Å²) in [5.74, 6) is 1.04. The Morgan fingerprint density at radius 2 is 2.13 bits per heavy atom. The van der Waals surface area contributed by atoms with Crippen LogP contribution >= 0.6 is 0 Å². The molecule has 2 aliphatic rings. The summed E-state index contributed by atoms with van der Waals surface area (Å²) < 4.78 is 10.2. The van der Waals surface area contributed by atoms with Gasteiger partial charge >= 0.3 is 0 Å². The quantitative estimate of drug-likeness (QED) is 0.731. The van der Waals surface area contributed by atoms with Gasteiger partial charge in [-0.15, -0.1) is 0 Å². The molecule has 0 aromatic carbocycles. The maximum Gasteiger partial charge on any atom is 0.287 e. The first-order chi connectivity index (χ1) is 14.4. The number of hydrogen-bond acceptors (Lipinski definition) is 7. The molecule has 1 saturated heterocycles. The molecule has 2 amide bonds. The third-order valence-electron chi connectivity index (χ3n) is 6.31. The predicted octanol–water partition coefficient (Wildman–Crippen LogP) is 2.62. The summed E-state index contributed by atoms with van der Waals surface area (Å²) in [4.78, 5) is 30.5. The standard InChI is InChI=1S/C21H25N5O4/c1-13-18(25-30-24-13)20(28)26-8-5-21(6-9-26)11-16(21)12-23-19(27)17-10-15(4-7-22-3)14(2)29-17/h4,7,10,16H,3,5-6,8-9,11-12H2,1-2H3,(H,23,27)/b7-4-. The van der Waals surface area contributed by atoms with Crippen molar-refractivity contribution in [2.24, 2.45) is 16.3 Å². The topological polar surface area (TPSA) is 114 Å². The van der Waals surface area contributed by atoms with Crippen LogP contribution in [-0.4, -0.2) is 53.4 Å². The van der Waals surface area contributed by atoms with E-state index in [0.717, 1.165) is 24.8 Å². The van der Waals surface area contributed by atoms with Crippen molar-refractivity contribution >= 4 is 24.6 Å². The van der Waals surface area contributed by atoms with Gasteiger partial charge < -0.3 is 14.6 Å². The second-order valence-corrected chi connectivity index (χ2v) is 8.08. The smallest absolute Gasteiger partial charge is 0.287 e. The summed E-state index contributed by atoms with van der Waals surface area (Å²) in [5, 5.41) is 10.4. The Kier molecular flexibility index (Phi) is 5.27. The molecule has 4 rings (SSSR count). The molecule has 1 aliphatic heterocycles. The Hall–Kier alpha value is -3.23. The SMILES string of the molecule is C=N/C=C\c1cc(C(=O)NCC2CC23CCN(C(=O)c2nonc2C)CC3)oc1C. The zero-order valence-corrected chi connectivity index (χ0v) is 17.2. The number of rotatable bonds is 6. The third-order valence-corrected chi connectivity index (χ3v) is 6.31. The maximum atomic E-state index is 12.5. The lowest BCUT2D eigenvalue weighted by atomic mass is 9.90. The highest BCUT2D eigenvalue weighted by Gasteiger charge is 2.55. The zero-order valence-electron chi connectivity index (χ0n) is 17.2. The minimum atomic E-state index is -0.215. The fourth-order valence-corrected chi connectivity index (χ4v) is 4.27. The molecule has 9 heteroatoms. The van der Waals surface area contributed by atoms with E-state index in [1.54, 1.807) is 32.2 Å². The van der Waals surface area contributed by atoms with Crippen LogP contribution in [0.15, 0.2) is 26.3 Å². The van der Waals surface area contributed by atoms with E-state index in [1.165, 1.54) is 0 Å². The summed E-state index contributed by atoms with van der Waals surface area (Å²) in [6.07, 6.45) is 6.23. The monoisotopic (exact) mass is 411 g/mol. The lowest BCUT2D eigenvalue weighted by Crippen LogP contribution is -2.40. The van der Waals surface area contributed by atoms with E-state index < -0.39 is 0 Å². The molecule has 1 unspecified atom stereocenters. The number of carbonyl (C=O) groups is 2. The van der Waals surface area contributed by atoms with E-state index in [2.05, 4.69) is 32.0 Å². The summed E-state index contributed by atoms with van der Waals surface area (Å²) in [5.41, 5.74) is 1.83. The van der Waals surface area contributed by atoms with Crippen LogP contribution in [0.25, 0.3) is 6.08 Å². The number of nitrogens with zero attached hydrogens (tertiary/aromatic N) is 4. The molecule has 1 spiro atoms. The summed E-state index contributed by atoms with van der Waals surface area (Å²) in [6, 6.07) is 1.71. The van der Waals surface area contributed by atoms with Crippen molar-refractivity contribution in [2.75, 3.05) is 19.6 Å². The van der Waals surface area contributed by atoms with Gasteiger partial charge in [0.25, 0.3) is 11.8 Å². The average Bonchev–Trinajstić information content (AvgIpc) is 3.03. The fourth-order valence-electron chi connectivity index (χ4n) is 4.27. The highest BCUT2D eigenvalue weighted by atomic mass is 16.6. The van der Waals surface area contributed by atoms with Crippen molar-refractivity contribution in [2.45, 2.75) is 33.1 Å². The number of carbonyl (C=O) groups excluding carboxylic acids is 2. The Morgan fingerprint density at radius 1 is 1.37 bits per heavy atom. The van der Waals surface area contributed by atoms with Gasteiger partial charge in [0, 0.05) is 31.4 Å². The van der Waals surface area contributed by atoms with E-state index in [1.807, 2.05) is 4.90 Å². The van der Waals surface area contributed by atoms with Crippen molar-refractivity contribution in [3.05, 3.63) is 40.7 Å². The highest BCUT2D eigenvalue weighted by Crippen LogP contribution is 2.59. The largest absolute Gasteiger partial charge is 0.456 e. The Balaban J connectivity index is 1.27. The second-order valence-electron chi connectivity index (χ2n) is 8.08. The molecule has 1 atom stereocenters. The van der Waals surface area contributed by atoms with Gasteiger partial charge in [0.05, 0.1) is 0 Å². The molecule has 2 aromatic heterocycles. The molecular formula is C21H25N5O4. The van der Waals surface area contributed by atoms with Crippen LogP contribution in [0.4, 0.5) is 0 Å². The van der Waals surface area contributed by atoms with Gasteiger partial charge in [-0.25, -0.2) is 4.63 Å². The number of furan rings is 1. The van der Waals surface area contributed by atoms with E-state index in [9.17, 15) is 9.59 Å². The maximum absolute atomic E-state index is 12.5. The summed E-state index contributed by atoms with van der Waals surface area (Å²) in [7, 11) is 0. The summed E-state index contributed by atoms with van der Waals surface area (Å²) >= 11 is 0. The van der Waals surface area contributed by atoms with Crippen molar-refractivity contribution in [1.29, 1.82) is 0 Å². The number of aryl methyl sites for hydroxylation is 2. The van der Waals surface area contributed by atoms with Crippen molar-refractivity contribution in [1.82, 2.24) is 20.5 Å². The van der Waals surface area contributed by atoms with Crippen LogP contribution in [0.3, 0.4) is 0 Å². The van der Waals surface area contributed by atoms with Gasteiger partial charge in [0.2, 0.25) is 0 Å². The van der Waals surface area contributed by atoms with Crippen molar-refractivity contribution in [3.8, 4) is 0 Å². The first-order valence-corrected chi connectivity index (χ1v) is 10.0. The molecule has 0 radical (unpaired) electrons. The Bertz CT molecular complexity index is 997. The van der Waals surface area contributed by atoms with Crippen LogP contribution in [0.5, 0.6) is 0 Å². The lowest BCUT2D eigenvalue weighted by Gasteiger charge is -2.32. The number of hydrogen-bond donors (Lipinski definition) is 1. The second kappa shape index (κ2) is 7.89. The number of aliphatic imine (C=N–C) groups is 1. The number of likely N-dealkylation sites (tertiary alicyclic amines) is 1. The molecule has 1 saturated carbocycles. The molecule has 9 nitrogen and oxygen atoms in total. The Morgan fingerprint density at radius 3 is 2.80 bits per heavy atom. The molecule has 1 N–H and O–H groups in total. The van der Waals surface area contributed by atoms with Crippen LogP contribution in [0.2, 0.25) is 0 Å².